The van der Waals surface area contributed by atoms with Crippen LogP contribution in [0.15, 0.2) is 36.4 Å². The van der Waals surface area contributed by atoms with Gasteiger partial charge in [0.25, 0.3) is 5.69 Å². The Balaban J connectivity index is 2.38. The lowest BCUT2D eigenvalue weighted by Crippen LogP contribution is -2.07. The van der Waals surface area contributed by atoms with Gasteiger partial charge in [-0.05, 0) is 18.2 Å². The molecule has 0 N–H and O–H groups in total. The zero-order valence-corrected chi connectivity index (χ0v) is 10.5. The summed E-state index contributed by atoms with van der Waals surface area (Å²) in [5.74, 6) is -4.50. The molecular formula is C13H6F5NO3. The smallest absolute Gasteiger partial charge is 0.416 e. The second kappa shape index (κ2) is 5.58. The zero-order valence-electron chi connectivity index (χ0n) is 10.5. The van der Waals surface area contributed by atoms with Gasteiger partial charge in [0, 0.05) is 6.07 Å². The van der Waals surface area contributed by atoms with Crippen molar-refractivity contribution in [3.05, 3.63) is 63.7 Å². The molecule has 0 spiro atoms. The van der Waals surface area contributed by atoms with E-state index in [0.29, 0.717) is 0 Å². The second-order valence-electron chi connectivity index (χ2n) is 4.12. The Kier molecular flexibility index (Phi) is 3.98. The number of nitrogens with zero attached hydrogens (tertiary/aromatic N) is 1. The van der Waals surface area contributed by atoms with E-state index in [9.17, 15) is 32.1 Å². The number of non-ortho nitro benzene ring substituents is 1. The third-order valence-corrected chi connectivity index (χ3v) is 2.57. The van der Waals surface area contributed by atoms with Crippen LogP contribution in [0.5, 0.6) is 11.5 Å². The van der Waals surface area contributed by atoms with Crippen LogP contribution in [0.1, 0.15) is 5.56 Å². The largest absolute Gasteiger partial charge is 0.451 e. The zero-order chi connectivity index (χ0) is 16.5. The Labute approximate surface area is 119 Å². The van der Waals surface area contributed by atoms with Crippen molar-refractivity contribution >= 4 is 5.69 Å². The van der Waals surface area contributed by atoms with E-state index in [1.807, 2.05) is 0 Å². The minimum atomic E-state index is -4.91. The summed E-state index contributed by atoms with van der Waals surface area (Å²) in [6.45, 7) is 0. The van der Waals surface area contributed by atoms with Crippen LogP contribution in [-0.4, -0.2) is 4.92 Å². The van der Waals surface area contributed by atoms with E-state index in [2.05, 4.69) is 0 Å². The fraction of sp³-hybridized carbons (Fsp3) is 0.0769. The summed E-state index contributed by atoms with van der Waals surface area (Å²) in [5.41, 5.74) is -1.90. The van der Waals surface area contributed by atoms with Gasteiger partial charge in [-0.2, -0.15) is 13.2 Å². The van der Waals surface area contributed by atoms with Crippen molar-refractivity contribution in [1.82, 2.24) is 0 Å². The number of halogens is 5. The van der Waals surface area contributed by atoms with Crippen molar-refractivity contribution in [2.75, 3.05) is 0 Å². The first kappa shape index (κ1) is 15.7. The fourth-order valence-corrected chi connectivity index (χ4v) is 1.60. The molecule has 9 heteroatoms. The topological polar surface area (TPSA) is 52.4 Å². The van der Waals surface area contributed by atoms with Crippen molar-refractivity contribution in [1.29, 1.82) is 0 Å². The highest BCUT2D eigenvalue weighted by molar-refractivity contribution is 5.42. The summed E-state index contributed by atoms with van der Waals surface area (Å²) in [4.78, 5) is 9.81. The van der Waals surface area contributed by atoms with Crippen LogP contribution >= 0.6 is 0 Å². The first-order chi connectivity index (χ1) is 10.2. The summed E-state index contributed by atoms with van der Waals surface area (Å²) < 4.78 is 69.1. The molecule has 2 rings (SSSR count). The van der Waals surface area contributed by atoms with E-state index in [1.165, 1.54) is 12.1 Å². The summed E-state index contributed by atoms with van der Waals surface area (Å²) in [6, 6.07) is 4.53. The predicted molar refractivity (Wildman–Crippen MR) is 64.5 cm³/mol. The van der Waals surface area contributed by atoms with Gasteiger partial charge >= 0.3 is 6.18 Å². The number of ether oxygens (including phenoxy) is 1. The summed E-state index contributed by atoms with van der Waals surface area (Å²) >= 11 is 0. The molecule has 0 fully saturated rings. The van der Waals surface area contributed by atoms with Crippen LogP contribution in [0.3, 0.4) is 0 Å². The van der Waals surface area contributed by atoms with Crippen LogP contribution in [-0.2, 0) is 6.18 Å². The molecule has 0 aromatic heterocycles. The minimum Gasteiger partial charge on any atom is -0.451 e. The third kappa shape index (κ3) is 3.30. The lowest BCUT2D eigenvalue weighted by molar-refractivity contribution is -0.384. The highest BCUT2D eigenvalue weighted by Crippen LogP contribution is 2.35. The summed E-state index contributed by atoms with van der Waals surface area (Å²) in [7, 11) is 0. The van der Waals surface area contributed by atoms with Gasteiger partial charge in [0.15, 0.2) is 17.4 Å². The van der Waals surface area contributed by atoms with Gasteiger partial charge < -0.3 is 4.74 Å². The Morgan fingerprint density at radius 3 is 2.14 bits per heavy atom. The van der Waals surface area contributed by atoms with Crippen LogP contribution < -0.4 is 4.74 Å². The maximum atomic E-state index is 13.6. The molecule has 22 heavy (non-hydrogen) atoms. The number of nitro groups is 1. The van der Waals surface area contributed by atoms with Gasteiger partial charge in [-0.3, -0.25) is 10.1 Å². The maximum Gasteiger partial charge on any atom is 0.416 e. The second-order valence-corrected chi connectivity index (χ2v) is 4.12. The molecule has 2 aromatic rings. The molecule has 0 bridgehead atoms. The first-order valence-corrected chi connectivity index (χ1v) is 5.67. The van der Waals surface area contributed by atoms with Crippen molar-refractivity contribution in [2.24, 2.45) is 0 Å². The molecule has 0 unspecified atom stereocenters. The highest BCUT2D eigenvalue weighted by atomic mass is 19.4. The molecule has 116 valence electrons. The van der Waals surface area contributed by atoms with E-state index >= 15 is 0 Å². The Hall–Kier alpha value is -2.71. The van der Waals surface area contributed by atoms with E-state index in [0.717, 1.165) is 12.1 Å². The minimum absolute atomic E-state index is 0.0791. The number of benzene rings is 2. The van der Waals surface area contributed by atoms with E-state index in [4.69, 9.17) is 4.74 Å². The average Bonchev–Trinajstić information content (AvgIpc) is 2.42. The van der Waals surface area contributed by atoms with Gasteiger partial charge in [0.05, 0.1) is 16.6 Å². The van der Waals surface area contributed by atoms with Crippen LogP contribution in [0.4, 0.5) is 27.6 Å². The normalized spacial score (nSPS) is 11.3. The van der Waals surface area contributed by atoms with E-state index in [-0.39, 0.29) is 17.9 Å². The highest BCUT2D eigenvalue weighted by Gasteiger charge is 2.33. The standard InChI is InChI=1S/C13H6F5NO3/c14-10-4-7(13(16,17)18)5-11(15)12(10)22-9-3-1-2-8(6-9)19(20)21/h1-6H. The summed E-state index contributed by atoms with van der Waals surface area (Å²) in [6.07, 6.45) is -4.91. The number of alkyl halides is 3. The summed E-state index contributed by atoms with van der Waals surface area (Å²) in [5, 5.41) is 10.6. The molecule has 2 aromatic carbocycles. The number of nitro benzene ring substituents is 1. The lowest BCUT2D eigenvalue weighted by atomic mass is 10.2. The van der Waals surface area contributed by atoms with Crippen LogP contribution in [0.25, 0.3) is 0 Å². The molecule has 0 amide bonds. The van der Waals surface area contributed by atoms with E-state index < -0.39 is 39.7 Å². The van der Waals surface area contributed by atoms with Gasteiger partial charge in [-0.15, -0.1) is 0 Å². The van der Waals surface area contributed by atoms with Gasteiger partial charge in [-0.1, -0.05) is 6.07 Å². The van der Waals surface area contributed by atoms with Gasteiger partial charge in [0.2, 0.25) is 0 Å². The SMILES string of the molecule is O=[N+]([O-])c1cccc(Oc2c(F)cc(C(F)(F)F)cc2F)c1. The number of hydrogen-bond acceptors (Lipinski definition) is 3. The predicted octanol–water partition coefficient (Wildman–Crippen LogP) is 4.68. The van der Waals surface area contributed by atoms with Crippen molar-refractivity contribution in [2.45, 2.75) is 6.18 Å². The number of hydrogen-bond donors (Lipinski definition) is 0. The quantitative estimate of drug-likeness (QED) is 0.469. The Morgan fingerprint density at radius 1 is 1.05 bits per heavy atom. The fourth-order valence-electron chi connectivity index (χ4n) is 1.60. The third-order valence-electron chi connectivity index (χ3n) is 2.57. The van der Waals surface area contributed by atoms with Crippen LogP contribution in [0.2, 0.25) is 0 Å². The molecule has 0 saturated heterocycles. The van der Waals surface area contributed by atoms with Gasteiger partial charge in [-0.25, -0.2) is 8.78 Å². The molecule has 0 atom stereocenters. The lowest BCUT2D eigenvalue weighted by Gasteiger charge is -2.11. The molecule has 0 aliphatic carbocycles. The van der Waals surface area contributed by atoms with Crippen molar-refractivity contribution in [3.63, 3.8) is 0 Å². The average molecular weight is 319 g/mol. The van der Waals surface area contributed by atoms with Gasteiger partial charge in [0.1, 0.15) is 5.75 Å². The number of rotatable bonds is 3. The molecule has 0 saturated carbocycles. The Bertz CT molecular complexity index is 707. The molecule has 4 nitrogen and oxygen atoms in total. The van der Waals surface area contributed by atoms with E-state index in [1.54, 1.807) is 0 Å². The maximum absolute atomic E-state index is 13.6. The van der Waals surface area contributed by atoms with Crippen molar-refractivity contribution in [3.8, 4) is 11.5 Å². The van der Waals surface area contributed by atoms with Crippen LogP contribution in [0, 0.1) is 21.7 Å². The molecule has 0 radical (unpaired) electrons. The molecule has 0 aliphatic rings. The molecular weight excluding hydrogens is 313 g/mol. The van der Waals surface area contributed by atoms with Crippen molar-refractivity contribution < 1.29 is 31.6 Å². The monoisotopic (exact) mass is 319 g/mol. The molecule has 0 heterocycles. The molecule has 0 aliphatic heterocycles. The first-order valence-electron chi connectivity index (χ1n) is 5.67. The Morgan fingerprint density at radius 2 is 1.64 bits per heavy atom.